The molecular formula is C27H32F2N8O. The van der Waals surface area contributed by atoms with Gasteiger partial charge in [-0.1, -0.05) is 13.0 Å². The zero-order valence-electron chi connectivity index (χ0n) is 22.0. The second kappa shape index (κ2) is 10.7. The van der Waals surface area contributed by atoms with Crippen molar-refractivity contribution in [3.05, 3.63) is 59.7 Å². The van der Waals surface area contributed by atoms with Gasteiger partial charge in [0.25, 0.3) is 0 Å². The Bertz CT molecular complexity index is 1440. The van der Waals surface area contributed by atoms with Crippen molar-refractivity contribution in [2.24, 2.45) is 0 Å². The van der Waals surface area contributed by atoms with Crippen molar-refractivity contribution in [2.75, 3.05) is 31.5 Å². The number of halogens is 2. The largest absolute Gasteiger partial charge is 0.377 e. The molecule has 4 heterocycles. The molecule has 1 aromatic carbocycles. The molecule has 1 aliphatic rings. The summed E-state index contributed by atoms with van der Waals surface area (Å²) >= 11 is 0. The van der Waals surface area contributed by atoms with Crippen LogP contribution in [0.1, 0.15) is 38.2 Å². The van der Waals surface area contributed by atoms with E-state index in [4.69, 9.17) is 0 Å². The number of piperazine rings is 1. The van der Waals surface area contributed by atoms with Crippen molar-refractivity contribution < 1.29 is 13.9 Å². The van der Waals surface area contributed by atoms with E-state index in [0.717, 1.165) is 31.4 Å². The number of β-amino-alcohol motifs (C(OH)–C–C–N with tert-alkyl or cyclic N) is 1. The summed E-state index contributed by atoms with van der Waals surface area (Å²) in [6.07, 6.45) is 2.27. The minimum Gasteiger partial charge on any atom is -0.377 e. The number of nitrogens with zero attached hydrogens (tertiary/aromatic N) is 7. The smallest absolute Gasteiger partial charge is 0.229 e. The standard InChI is InChI=1S/C27H32F2N8O/c1-5-35-8-9-36(24(38)15-35)14-18-6-7-23(30-12-18)33-27-31-13-21(29)25(34-27)19-10-20(28)26-22(11-19)37(16(2)3)17(4)32-26/h6-7,10-13,16,24,38H,5,8-9,14-15H2,1-4H3,(H,30,31,33,34). The van der Waals surface area contributed by atoms with Crippen LogP contribution in [-0.4, -0.2) is 71.8 Å². The lowest BCUT2D eigenvalue weighted by Crippen LogP contribution is -2.52. The van der Waals surface area contributed by atoms with Crippen LogP contribution in [0.3, 0.4) is 0 Å². The number of fused-ring (bicyclic) bond motifs is 1. The van der Waals surface area contributed by atoms with Crippen molar-refractivity contribution >= 4 is 22.8 Å². The number of hydrogen-bond donors (Lipinski definition) is 2. The highest BCUT2D eigenvalue weighted by Gasteiger charge is 2.24. The highest BCUT2D eigenvalue weighted by molar-refractivity contribution is 5.83. The summed E-state index contributed by atoms with van der Waals surface area (Å²) < 4.78 is 31.7. The molecular weight excluding hydrogens is 490 g/mol. The summed E-state index contributed by atoms with van der Waals surface area (Å²) in [6.45, 7) is 11.7. The van der Waals surface area contributed by atoms with Gasteiger partial charge in [-0.05, 0) is 51.1 Å². The Kier molecular flexibility index (Phi) is 7.33. The molecule has 3 aromatic heterocycles. The molecule has 1 atom stereocenters. The molecule has 4 aromatic rings. The maximum atomic E-state index is 14.9. The van der Waals surface area contributed by atoms with E-state index in [1.807, 2.05) is 36.3 Å². The Morgan fingerprint density at radius 3 is 2.58 bits per heavy atom. The van der Waals surface area contributed by atoms with E-state index >= 15 is 0 Å². The van der Waals surface area contributed by atoms with E-state index in [1.165, 1.54) is 6.07 Å². The van der Waals surface area contributed by atoms with Crippen LogP contribution in [0.15, 0.2) is 36.7 Å². The van der Waals surface area contributed by atoms with Crippen LogP contribution < -0.4 is 5.32 Å². The number of likely N-dealkylation sites (N-methyl/N-ethyl adjacent to an activating group) is 1. The molecule has 9 nitrogen and oxygen atoms in total. The van der Waals surface area contributed by atoms with Gasteiger partial charge in [0.15, 0.2) is 11.6 Å². The third kappa shape index (κ3) is 5.22. The zero-order valence-corrected chi connectivity index (χ0v) is 22.0. The first-order chi connectivity index (χ1) is 18.2. The SMILES string of the molecule is CCN1CCN(Cc2ccc(Nc3ncc(F)c(-c4cc(F)c5nc(C)n(C(C)C)c5c4)n3)nc2)C(O)C1. The van der Waals surface area contributed by atoms with Gasteiger partial charge in [-0.2, -0.15) is 0 Å². The molecule has 0 amide bonds. The zero-order chi connectivity index (χ0) is 27.0. The number of imidazole rings is 1. The number of pyridine rings is 1. The summed E-state index contributed by atoms with van der Waals surface area (Å²) in [4.78, 5) is 21.4. The van der Waals surface area contributed by atoms with Crippen LogP contribution in [0.25, 0.3) is 22.3 Å². The third-order valence-corrected chi connectivity index (χ3v) is 6.90. The van der Waals surface area contributed by atoms with Gasteiger partial charge in [0, 0.05) is 44.0 Å². The van der Waals surface area contributed by atoms with E-state index in [9.17, 15) is 13.9 Å². The van der Waals surface area contributed by atoms with Gasteiger partial charge in [0.2, 0.25) is 5.95 Å². The molecule has 200 valence electrons. The van der Waals surface area contributed by atoms with Gasteiger partial charge in [0.05, 0.1) is 11.7 Å². The minimum atomic E-state index is -0.660. The number of aryl methyl sites for hydroxylation is 1. The summed E-state index contributed by atoms with van der Waals surface area (Å²) in [6, 6.07) is 6.70. The number of benzene rings is 1. The molecule has 1 saturated heterocycles. The topological polar surface area (TPSA) is 95.2 Å². The van der Waals surface area contributed by atoms with Gasteiger partial charge in [-0.15, -0.1) is 0 Å². The molecule has 1 unspecified atom stereocenters. The Labute approximate surface area is 220 Å². The van der Waals surface area contributed by atoms with E-state index in [1.54, 1.807) is 18.3 Å². The molecule has 11 heteroatoms. The summed E-state index contributed by atoms with van der Waals surface area (Å²) in [7, 11) is 0. The summed E-state index contributed by atoms with van der Waals surface area (Å²) in [5.74, 6) is 0.112. The van der Waals surface area contributed by atoms with E-state index in [-0.39, 0.29) is 23.2 Å². The summed E-state index contributed by atoms with van der Waals surface area (Å²) in [5, 5.41) is 13.4. The number of nitrogens with one attached hydrogen (secondary N) is 1. The molecule has 0 radical (unpaired) electrons. The van der Waals surface area contributed by atoms with Crippen LogP contribution in [0.4, 0.5) is 20.5 Å². The Hall–Kier alpha value is -3.54. The molecule has 0 saturated carbocycles. The molecule has 0 spiro atoms. The fraction of sp³-hybridized carbons (Fsp3) is 0.407. The summed E-state index contributed by atoms with van der Waals surface area (Å²) in [5.41, 5.74) is 2.07. The van der Waals surface area contributed by atoms with Crippen molar-refractivity contribution in [3.63, 3.8) is 0 Å². The minimum absolute atomic E-state index is 0.0192. The molecule has 38 heavy (non-hydrogen) atoms. The number of aliphatic hydroxyl groups is 1. The number of anilines is 2. The van der Waals surface area contributed by atoms with Crippen LogP contribution >= 0.6 is 0 Å². The normalized spacial score (nSPS) is 17.0. The average Bonchev–Trinajstić information content (AvgIpc) is 3.24. The van der Waals surface area contributed by atoms with Crippen LogP contribution in [0.2, 0.25) is 0 Å². The van der Waals surface area contributed by atoms with E-state index in [0.29, 0.717) is 35.8 Å². The molecule has 5 rings (SSSR count). The van der Waals surface area contributed by atoms with E-state index < -0.39 is 17.9 Å². The maximum Gasteiger partial charge on any atom is 0.229 e. The predicted octanol–water partition coefficient (Wildman–Crippen LogP) is 4.26. The maximum absolute atomic E-state index is 14.9. The molecule has 0 bridgehead atoms. The molecule has 0 aliphatic carbocycles. The first kappa shape index (κ1) is 26.1. The number of rotatable bonds is 7. The Balaban J connectivity index is 1.35. The van der Waals surface area contributed by atoms with Crippen molar-refractivity contribution in [2.45, 2.75) is 46.5 Å². The fourth-order valence-corrected chi connectivity index (χ4v) is 4.96. The van der Waals surface area contributed by atoms with Crippen LogP contribution in [0.5, 0.6) is 0 Å². The lowest BCUT2D eigenvalue weighted by atomic mass is 10.1. The molecule has 1 fully saturated rings. The van der Waals surface area contributed by atoms with Crippen LogP contribution in [0, 0.1) is 18.6 Å². The number of aliphatic hydroxyl groups excluding tert-OH is 1. The monoisotopic (exact) mass is 522 g/mol. The predicted molar refractivity (Wildman–Crippen MR) is 142 cm³/mol. The van der Waals surface area contributed by atoms with Crippen molar-refractivity contribution in [1.82, 2.24) is 34.3 Å². The van der Waals surface area contributed by atoms with Gasteiger partial charge >= 0.3 is 0 Å². The third-order valence-electron chi connectivity index (χ3n) is 6.90. The number of hydrogen-bond acceptors (Lipinski definition) is 8. The quantitative estimate of drug-likeness (QED) is 0.372. The lowest BCUT2D eigenvalue weighted by Gasteiger charge is -2.38. The fourth-order valence-electron chi connectivity index (χ4n) is 4.96. The van der Waals surface area contributed by atoms with E-state index in [2.05, 4.69) is 37.1 Å². The molecule has 1 aliphatic heterocycles. The van der Waals surface area contributed by atoms with Gasteiger partial charge in [0.1, 0.15) is 29.1 Å². The lowest BCUT2D eigenvalue weighted by molar-refractivity contribution is -0.0591. The Morgan fingerprint density at radius 2 is 1.89 bits per heavy atom. The van der Waals surface area contributed by atoms with Crippen LogP contribution in [-0.2, 0) is 6.54 Å². The second-order valence-electron chi connectivity index (χ2n) is 9.86. The first-order valence-corrected chi connectivity index (χ1v) is 12.8. The molecule has 2 N–H and O–H groups in total. The average molecular weight is 523 g/mol. The Morgan fingerprint density at radius 1 is 1.08 bits per heavy atom. The highest BCUT2D eigenvalue weighted by Crippen LogP contribution is 2.30. The van der Waals surface area contributed by atoms with Gasteiger partial charge in [-0.25, -0.2) is 28.7 Å². The van der Waals surface area contributed by atoms with Gasteiger partial charge in [-0.3, -0.25) is 9.80 Å². The number of aromatic nitrogens is 5. The van der Waals surface area contributed by atoms with Crippen molar-refractivity contribution in [3.8, 4) is 11.3 Å². The highest BCUT2D eigenvalue weighted by atomic mass is 19.1. The first-order valence-electron chi connectivity index (χ1n) is 12.8. The van der Waals surface area contributed by atoms with Crippen molar-refractivity contribution in [1.29, 1.82) is 0 Å². The van der Waals surface area contributed by atoms with Gasteiger partial charge < -0.3 is 15.0 Å². The second-order valence-corrected chi connectivity index (χ2v) is 9.86.